The van der Waals surface area contributed by atoms with E-state index in [9.17, 15) is 13.2 Å². The molecule has 30 heavy (non-hydrogen) atoms. The lowest BCUT2D eigenvalue weighted by Crippen LogP contribution is -2.39. The number of terminal acetylenes is 1. The number of alkyl halides is 3. The topological polar surface area (TPSA) is 41.6 Å². The number of hydrogen-bond donors (Lipinski definition) is 1. The summed E-state index contributed by atoms with van der Waals surface area (Å²) < 4.78 is 38.8. The molecule has 0 aliphatic carbocycles. The molecule has 0 radical (unpaired) electrons. The van der Waals surface area contributed by atoms with Crippen LogP contribution in [0.3, 0.4) is 0 Å². The monoisotopic (exact) mass is 417 g/mol. The fraction of sp³-hybridized carbons (Fsp3) is 0.375. The molecule has 0 saturated carbocycles. The van der Waals surface area contributed by atoms with Crippen LogP contribution in [0.1, 0.15) is 31.9 Å². The molecule has 2 N–H and O–H groups in total. The second-order valence-electron chi connectivity index (χ2n) is 7.94. The first-order chi connectivity index (χ1) is 13.9. The highest BCUT2D eigenvalue weighted by Gasteiger charge is 2.33. The van der Waals surface area contributed by atoms with Gasteiger partial charge in [0.1, 0.15) is 0 Å². The molecule has 0 fully saturated rings. The van der Waals surface area contributed by atoms with Crippen LogP contribution in [-0.4, -0.2) is 36.0 Å². The van der Waals surface area contributed by atoms with E-state index in [-0.39, 0.29) is 11.2 Å². The lowest BCUT2D eigenvalue weighted by atomic mass is 9.93. The van der Waals surface area contributed by atoms with Crippen LogP contribution in [0, 0.1) is 19.8 Å². The minimum atomic E-state index is -4.65. The van der Waals surface area contributed by atoms with Gasteiger partial charge in [-0.1, -0.05) is 36.4 Å². The number of aliphatic imine (C=N–C) groups is 1. The summed E-state index contributed by atoms with van der Waals surface area (Å²) in [6.07, 6.45) is 3.93. The summed E-state index contributed by atoms with van der Waals surface area (Å²) in [7, 11) is 2.00. The Labute approximate surface area is 177 Å². The van der Waals surface area contributed by atoms with Gasteiger partial charge in [0.2, 0.25) is 5.84 Å². The van der Waals surface area contributed by atoms with Crippen LogP contribution in [0.15, 0.2) is 47.5 Å². The van der Waals surface area contributed by atoms with E-state index in [1.165, 1.54) is 0 Å². The third kappa shape index (κ3) is 6.64. The van der Waals surface area contributed by atoms with Crippen LogP contribution in [-0.2, 0) is 6.42 Å². The molecule has 0 atom stereocenters. The smallest absolute Gasteiger partial charge is 0.380 e. The van der Waals surface area contributed by atoms with Gasteiger partial charge in [0.05, 0.1) is 5.69 Å². The van der Waals surface area contributed by atoms with E-state index >= 15 is 0 Å². The second-order valence-corrected chi connectivity index (χ2v) is 7.94. The van der Waals surface area contributed by atoms with Crippen LogP contribution in [0.25, 0.3) is 11.1 Å². The maximum absolute atomic E-state index is 12.9. The number of nitrogens with two attached hydrogens (primary N) is 1. The molecule has 0 spiro atoms. The van der Waals surface area contributed by atoms with Crippen molar-refractivity contribution in [1.82, 2.24) is 4.90 Å². The Morgan fingerprint density at radius 3 is 2.10 bits per heavy atom. The largest absolute Gasteiger partial charge is 0.448 e. The lowest BCUT2D eigenvalue weighted by Gasteiger charge is -2.32. The molecule has 3 nitrogen and oxygen atoms in total. The van der Waals surface area contributed by atoms with Crippen molar-refractivity contribution in [2.24, 2.45) is 10.7 Å². The van der Waals surface area contributed by atoms with Crippen molar-refractivity contribution in [3.05, 3.63) is 53.6 Å². The summed E-state index contributed by atoms with van der Waals surface area (Å²) in [6.45, 7) is 8.91. The fourth-order valence-electron chi connectivity index (χ4n) is 2.90. The molecule has 2 aromatic carbocycles. The maximum Gasteiger partial charge on any atom is 0.448 e. The molecule has 6 heteroatoms. The van der Waals surface area contributed by atoms with Crippen LogP contribution in [0.5, 0.6) is 0 Å². The van der Waals surface area contributed by atoms with Crippen molar-refractivity contribution in [3.63, 3.8) is 0 Å². The highest BCUT2D eigenvalue weighted by atomic mass is 19.4. The molecule has 0 bridgehead atoms. The Bertz CT molecular complexity index is 876. The van der Waals surface area contributed by atoms with Crippen LogP contribution in [0.2, 0.25) is 0 Å². The van der Waals surface area contributed by atoms with Gasteiger partial charge in [-0.15, -0.1) is 12.8 Å². The van der Waals surface area contributed by atoms with E-state index in [1.807, 2.05) is 50.4 Å². The molecule has 0 unspecified atom stereocenters. The number of hydrogen-bond acceptors (Lipinski definition) is 2. The summed E-state index contributed by atoms with van der Waals surface area (Å²) in [5.41, 5.74) is 9.13. The Morgan fingerprint density at radius 2 is 1.60 bits per heavy atom. The first-order valence-corrected chi connectivity index (χ1v) is 9.55. The Morgan fingerprint density at radius 1 is 1.03 bits per heavy atom. The highest BCUT2D eigenvalue weighted by Crippen LogP contribution is 2.33. The maximum atomic E-state index is 12.9. The predicted octanol–water partition coefficient (Wildman–Crippen LogP) is 5.74. The standard InChI is InChI=1S/C22H28F3N3.C2H2/c1-15-17(16-9-7-6-8-10-16)11-12-19(27-20(26)22(23,24)25)18(15)13-14-28(5)21(2,3)4;1-2/h6-12H,13-14H2,1-5H3,(H2,26,27);1-2H. The average molecular weight is 418 g/mol. The molecule has 0 heterocycles. The molecule has 0 saturated heterocycles. The van der Waals surface area contributed by atoms with Crippen LogP contribution >= 0.6 is 0 Å². The zero-order chi connectivity index (χ0) is 23.1. The van der Waals surface area contributed by atoms with Gasteiger partial charge in [0.15, 0.2) is 0 Å². The molecule has 0 aliphatic heterocycles. The first kappa shape index (κ1) is 25.3. The van der Waals surface area contributed by atoms with E-state index in [1.54, 1.807) is 6.07 Å². The Balaban J connectivity index is 0.00000218. The number of amidine groups is 1. The third-order valence-corrected chi connectivity index (χ3v) is 5.03. The number of nitrogens with zero attached hydrogens (tertiary/aromatic N) is 2. The Kier molecular flexibility index (Phi) is 8.68. The van der Waals surface area contributed by atoms with E-state index in [2.05, 4.69) is 43.5 Å². The lowest BCUT2D eigenvalue weighted by molar-refractivity contribution is -0.0597. The number of likely N-dealkylation sites (N-methyl/N-ethyl adjacent to an activating group) is 1. The van der Waals surface area contributed by atoms with Crippen LogP contribution < -0.4 is 5.73 Å². The van der Waals surface area contributed by atoms with Crippen molar-refractivity contribution in [2.45, 2.75) is 45.8 Å². The highest BCUT2D eigenvalue weighted by molar-refractivity contribution is 5.89. The summed E-state index contributed by atoms with van der Waals surface area (Å²) in [5, 5.41) is 0. The van der Waals surface area contributed by atoms with Crippen molar-refractivity contribution < 1.29 is 13.2 Å². The average Bonchev–Trinajstić information content (AvgIpc) is 2.68. The molecular formula is C24H30F3N3. The molecular weight excluding hydrogens is 387 g/mol. The predicted molar refractivity (Wildman–Crippen MR) is 120 cm³/mol. The van der Waals surface area contributed by atoms with E-state index in [0.29, 0.717) is 13.0 Å². The Hall–Kier alpha value is -2.78. The van der Waals surface area contributed by atoms with Crippen molar-refractivity contribution in [1.29, 1.82) is 0 Å². The van der Waals surface area contributed by atoms with Crippen molar-refractivity contribution in [3.8, 4) is 24.0 Å². The molecule has 2 aromatic rings. The van der Waals surface area contributed by atoms with E-state index in [4.69, 9.17) is 5.73 Å². The summed E-state index contributed by atoms with van der Waals surface area (Å²) in [5.74, 6) is -1.33. The fourth-order valence-corrected chi connectivity index (χ4v) is 2.90. The van der Waals surface area contributed by atoms with E-state index in [0.717, 1.165) is 22.3 Å². The van der Waals surface area contributed by atoms with Gasteiger partial charge >= 0.3 is 6.18 Å². The molecule has 0 aromatic heterocycles. The quantitative estimate of drug-likeness (QED) is 0.383. The van der Waals surface area contributed by atoms with Crippen molar-refractivity contribution in [2.75, 3.05) is 13.6 Å². The number of halogens is 3. The van der Waals surface area contributed by atoms with E-state index < -0.39 is 12.0 Å². The normalized spacial score (nSPS) is 12.4. The first-order valence-electron chi connectivity index (χ1n) is 9.55. The van der Waals surface area contributed by atoms with Crippen molar-refractivity contribution >= 4 is 11.5 Å². The zero-order valence-electron chi connectivity index (χ0n) is 18.2. The van der Waals surface area contributed by atoms with Gasteiger partial charge in [-0.25, -0.2) is 4.99 Å². The SMILES string of the molecule is C#C.Cc1c(-c2ccccc2)ccc(N=C(N)C(F)(F)F)c1CCN(C)C(C)(C)C. The summed E-state index contributed by atoms with van der Waals surface area (Å²) in [4.78, 5) is 5.89. The summed E-state index contributed by atoms with van der Waals surface area (Å²) >= 11 is 0. The van der Waals surface area contributed by atoms with Gasteiger partial charge in [-0.3, -0.25) is 0 Å². The number of benzene rings is 2. The molecule has 0 aliphatic rings. The minimum Gasteiger partial charge on any atom is -0.380 e. The van der Waals surface area contributed by atoms with Gasteiger partial charge in [0.25, 0.3) is 0 Å². The number of rotatable bonds is 5. The molecule has 162 valence electrons. The van der Waals surface area contributed by atoms with Gasteiger partial charge in [-0.2, -0.15) is 13.2 Å². The minimum absolute atomic E-state index is 0.0423. The molecule has 0 amide bonds. The van der Waals surface area contributed by atoms with Gasteiger partial charge in [-0.05, 0) is 69.5 Å². The molecule has 2 rings (SSSR count). The van der Waals surface area contributed by atoms with Crippen LogP contribution in [0.4, 0.5) is 18.9 Å². The second kappa shape index (κ2) is 10.3. The third-order valence-electron chi connectivity index (χ3n) is 5.03. The van der Waals surface area contributed by atoms with Gasteiger partial charge in [0, 0.05) is 12.1 Å². The van der Waals surface area contributed by atoms with Gasteiger partial charge < -0.3 is 10.6 Å². The summed E-state index contributed by atoms with van der Waals surface area (Å²) in [6, 6.07) is 13.2. The zero-order valence-corrected chi connectivity index (χ0v) is 18.2.